The Morgan fingerprint density at radius 1 is 1.16 bits per heavy atom. The quantitative estimate of drug-likeness (QED) is 0.0503. The molecule has 10 nitrogen and oxygen atoms in total. The van der Waals surface area contributed by atoms with Gasteiger partial charge in [0.1, 0.15) is 10.5 Å². The van der Waals surface area contributed by atoms with Crippen LogP contribution in [0.1, 0.15) is 56.9 Å². The molecule has 0 amide bonds. The summed E-state index contributed by atoms with van der Waals surface area (Å²) in [4.78, 5) is 17.9. The molecule has 26 heteroatoms. The van der Waals surface area contributed by atoms with Crippen molar-refractivity contribution in [3.8, 4) is 0 Å². The van der Waals surface area contributed by atoms with Gasteiger partial charge in [-0.3, -0.25) is 34.5 Å². The van der Waals surface area contributed by atoms with Crippen molar-refractivity contribution >= 4 is 209 Å². The van der Waals surface area contributed by atoms with E-state index in [9.17, 15) is 18.5 Å². The van der Waals surface area contributed by atoms with E-state index in [1.807, 2.05) is 13.8 Å². The molecular formula is C19H40Cl9FI4N6O4PV. The van der Waals surface area contributed by atoms with Crippen molar-refractivity contribution in [3.05, 3.63) is 17.5 Å². The van der Waals surface area contributed by atoms with Crippen LogP contribution in [0.3, 0.4) is 0 Å². The van der Waals surface area contributed by atoms with E-state index < -0.39 is 26.9 Å². The first-order valence-corrected chi connectivity index (χ1v) is 32.8. The zero-order valence-corrected chi connectivity index (χ0v) is 42.9. The molecular weight excluding hydrogens is 1300 g/mol. The number of ketones is 1. The minimum atomic E-state index is -3.22. The third kappa shape index (κ3) is 93.3. The van der Waals surface area contributed by atoms with E-state index in [4.69, 9.17) is 71.0 Å². The molecule has 278 valence electrons. The maximum absolute atomic E-state index is 10.4. The number of nitrogens with zero attached hydrogens (tertiary/aromatic N) is 3. The fourth-order valence-corrected chi connectivity index (χ4v) is 1.45. The van der Waals surface area contributed by atoms with Crippen LogP contribution in [-0.2, 0) is 21.3 Å². The van der Waals surface area contributed by atoms with Crippen LogP contribution in [0.5, 0.6) is 0 Å². The number of hydrogen-bond donors (Lipinski definition) is 3. The maximum atomic E-state index is 10.4. The van der Waals surface area contributed by atoms with Crippen LogP contribution in [0.25, 0.3) is 0 Å². The summed E-state index contributed by atoms with van der Waals surface area (Å²) in [7, 11) is 4.05. The Labute approximate surface area is 364 Å². The van der Waals surface area contributed by atoms with Gasteiger partial charge in [-0.15, -0.1) is 0 Å². The fraction of sp³-hybridized carbons (Fsp3) is 0.684. The SMILES string of the molecule is CC.CC(=O)C(Cl)Cl.CCI.CN/N=C(\C)C(Cl)Cl.CNN.Cn1cc(C=O)c(C(Cl)Cl)n1.O.O=P(Cl)(Cl)Cl.[2H]CF.[I][V]([I])[I]. The summed E-state index contributed by atoms with van der Waals surface area (Å²) < 4.78 is 27.7. The van der Waals surface area contributed by atoms with Crippen molar-refractivity contribution in [2.45, 2.75) is 49.1 Å². The van der Waals surface area contributed by atoms with Crippen LogP contribution in [0, 0.1) is 0 Å². The van der Waals surface area contributed by atoms with Crippen LogP contribution in [0.15, 0.2) is 11.3 Å². The van der Waals surface area contributed by atoms with Crippen molar-refractivity contribution in [1.82, 2.24) is 20.6 Å². The van der Waals surface area contributed by atoms with Crippen LogP contribution < -0.4 is 16.7 Å². The zero-order chi connectivity index (χ0) is 38.4. The first kappa shape index (κ1) is 67.3. The van der Waals surface area contributed by atoms with Crippen LogP contribution in [0.2, 0.25) is 0 Å². The minimum absolute atomic E-state index is 0. The van der Waals surface area contributed by atoms with Gasteiger partial charge >= 0.3 is 70.1 Å². The van der Waals surface area contributed by atoms with Gasteiger partial charge < -0.3 is 10.9 Å². The molecule has 0 radical (unpaired) electrons. The molecule has 1 rings (SSSR count). The third-order valence-corrected chi connectivity index (χ3v) is 3.79. The summed E-state index contributed by atoms with van der Waals surface area (Å²) in [5.41, 5.74) is 6.34. The molecule has 0 saturated carbocycles. The van der Waals surface area contributed by atoms with Crippen LogP contribution >= 0.6 is 191 Å². The number of carbonyl (C=O) groups is 2. The van der Waals surface area contributed by atoms with Crippen molar-refractivity contribution in [3.63, 3.8) is 0 Å². The Hall–Kier alpha value is 4.17. The van der Waals surface area contributed by atoms with E-state index in [2.05, 4.69) is 150 Å². The first-order chi connectivity index (χ1) is 20.4. The number of nitrogens with two attached hydrogens (primary N) is 1. The van der Waals surface area contributed by atoms with Crippen molar-refractivity contribution in [2.24, 2.45) is 18.0 Å². The summed E-state index contributed by atoms with van der Waals surface area (Å²) in [6.07, 6.45) is 2.25. The Bertz CT molecular complexity index is 835. The van der Waals surface area contributed by atoms with Gasteiger partial charge in [-0.1, -0.05) is 113 Å². The number of hydrazine groups is 1. The van der Waals surface area contributed by atoms with Gasteiger partial charge in [-0.25, -0.2) is 0 Å². The monoisotopic (exact) mass is 1340 g/mol. The Morgan fingerprint density at radius 3 is 1.53 bits per heavy atom. The average molecular weight is 1350 g/mol. The number of Topliss-reactive ketones (excluding diaryl/α,β-unsaturated/α-hetero) is 1. The van der Waals surface area contributed by atoms with E-state index in [-0.39, 0.29) is 16.2 Å². The standard InChI is InChI=1S/C6H6Cl2N2O.C4H8Cl2N2.C3H4Cl2O.C2H5I.C2H6.CH3F.CH6N2.Cl3OP.3HI.H2O.V/c1-10-2-4(3-11)5(9-10)6(7)8;1-3(4(5)6)8-7-2;1-2(6)3(4)5;1-2-3;2*1-2;1-3-2;1-5(2,3)4;;;;;/h2-3,6H,1H3;4,7H,1-2H3;3H,1H3;2H2,1H3;1-2H3;1H3;3H,2H2,1H3;;3*1H;1H2;/q;;;;;;;;;;;;+3/p-3/b;8-3+;;;;;;;;;;;/i;;;;;1D;;;;;;;. The summed E-state index contributed by atoms with van der Waals surface area (Å²) in [6.45, 7) is 9.20. The molecule has 0 atom stereocenters. The molecule has 0 fully saturated rings. The molecule has 6 N–H and O–H groups in total. The first-order valence-electron chi connectivity index (χ1n) is 11.5. The molecule has 0 bridgehead atoms. The third-order valence-electron chi connectivity index (χ3n) is 2.13. The number of nitrogens with one attached hydrogen (secondary N) is 2. The molecule has 0 saturated heterocycles. The van der Waals surface area contributed by atoms with E-state index in [1.54, 1.807) is 34.3 Å². The van der Waals surface area contributed by atoms with Crippen molar-refractivity contribution < 1.29 is 30.3 Å². The van der Waals surface area contributed by atoms with Gasteiger partial charge in [0.05, 0.1) is 19.8 Å². The molecule has 1 aromatic rings. The van der Waals surface area contributed by atoms with Gasteiger partial charge in [-0.2, -0.15) is 10.2 Å². The molecule has 1 heterocycles. The van der Waals surface area contributed by atoms with E-state index >= 15 is 0 Å². The Balaban J connectivity index is -0.0000000505. The number of aryl methyl sites for hydroxylation is 1. The number of hydrogen-bond acceptors (Lipinski definition) is 8. The Kier molecular flexibility index (Phi) is 82.2. The van der Waals surface area contributed by atoms with Crippen LogP contribution in [0.4, 0.5) is 4.39 Å². The van der Waals surface area contributed by atoms with Gasteiger partial charge in [0.15, 0.2) is 21.7 Å². The zero-order valence-electron chi connectivity index (χ0n) is 26.1. The number of hydrazone groups is 1. The second-order valence-electron chi connectivity index (χ2n) is 5.40. The molecule has 0 aliphatic carbocycles. The summed E-state index contributed by atoms with van der Waals surface area (Å²) in [5.74, 6) is 4.39. The van der Waals surface area contributed by atoms with E-state index in [0.29, 0.717) is 23.3 Å². The molecule has 45 heavy (non-hydrogen) atoms. The summed E-state index contributed by atoms with van der Waals surface area (Å²) >= 11 is 55.4. The van der Waals surface area contributed by atoms with Gasteiger partial charge in [0, 0.05) is 20.3 Å². The van der Waals surface area contributed by atoms with Gasteiger partial charge in [0.25, 0.3) is 0 Å². The second-order valence-corrected chi connectivity index (χ2v) is 52.2. The molecule has 0 aromatic carbocycles. The summed E-state index contributed by atoms with van der Waals surface area (Å²) in [5, 5.41) is 4.41. The van der Waals surface area contributed by atoms with E-state index in [0.717, 1.165) is 0 Å². The number of aromatic nitrogens is 2. The Morgan fingerprint density at radius 2 is 1.42 bits per heavy atom. The number of alkyl halides is 8. The molecule has 0 aliphatic heterocycles. The van der Waals surface area contributed by atoms with Crippen LogP contribution in [-0.4, -0.2) is 68.4 Å². The van der Waals surface area contributed by atoms with Gasteiger partial charge in [-0.05, 0) is 59.0 Å². The molecule has 0 aliphatic rings. The molecule has 1 aromatic heterocycles. The number of rotatable bonds is 5. The van der Waals surface area contributed by atoms with Crippen molar-refractivity contribution in [2.75, 3.05) is 25.7 Å². The molecule has 0 unspecified atom stereocenters. The number of halogens is 14. The average Bonchev–Trinajstić information content (AvgIpc) is 3.27. The van der Waals surface area contributed by atoms with Gasteiger partial charge in [0.2, 0.25) is 0 Å². The molecule has 0 spiro atoms. The summed E-state index contributed by atoms with van der Waals surface area (Å²) in [6, 6.07) is 0. The topological polar surface area (TPSA) is 163 Å². The van der Waals surface area contributed by atoms with E-state index in [1.165, 1.54) is 16.0 Å². The second kappa shape index (κ2) is 54.9. The predicted molar refractivity (Wildman–Crippen MR) is 234 cm³/mol. The number of aldehydes is 1. The predicted octanol–water partition coefficient (Wildman–Crippen LogP) is 11.2. The normalized spacial score (nSPS) is 9.49. The van der Waals surface area contributed by atoms with Crippen molar-refractivity contribution in [1.29, 1.82) is 0 Å². The fourth-order valence-electron chi connectivity index (χ4n) is 1.01. The number of carbonyl (C=O) groups excluding carboxylic acids is 2.